The quantitative estimate of drug-likeness (QED) is 0.870. The highest BCUT2D eigenvalue weighted by molar-refractivity contribution is 5.29. The molecule has 0 fully saturated rings. The summed E-state index contributed by atoms with van der Waals surface area (Å²) < 4.78 is 7.09. The van der Waals surface area contributed by atoms with E-state index in [-0.39, 0.29) is 6.04 Å². The molecule has 2 rings (SSSR count). The van der Waals surface area contributed by atoms with Crippen molar-refractivity contribution in [2.45, 2.75) is 12.5 Å². The number of methoxy groups -OCH3 is 1. The fourth-order valence-electron chi connectivity index (χ4n) is 1.78. The van der Waals surface area contributed by atoms with Gasteiger partial charge in [0.05, 0.1) is 25.2 Å². The summed E-state index contributed by atoms with van der Waals surface area (Å²) in [4.78, 5) is 4.26. The Bertz CT molecular complexity index is 493. The van der Waals surface area contributed by atoms with Crippen LogP contribution in [0.25, 0.3) is 0 Å². The van der Waals surface area contributed by atoms with Crippen LogP contribution >= 0.6 is 0 Å². The molecule has 0 bridgehead atoms. The van der Waals surface area contributed by atoms with Crippen molar-refractivity contribution in [2.24, 2.45) is 12.8 Å². The first-order valence-electron chi connectivity index (χ1n) is 5.55. The number of hydrogen-bond acceptors (Lipinski definition) is 3. The topological polar surface area (TPSA) is 53.1 Å². The van der Waals surface area contributed by atoms with Crippen LogP contribution in [0.4, 0.5) is 0 Å². The number of nitrogens with two attached hydrogens (primary N) is 1. The fraction of sp³-hybridized carbons (Fsp3) is 0.308. The molecule has 90 valence electrons. The number of rotatable bonds is 4. The highest BCUT2D eigenvalue weighted by atomic mass is 16.5. The zero-order valence-electron chi connectivity index (χ0n) is 10.1. The molecule has 0 spiro atoms. The molecule has 1 atom stereocenters. The zero-order valence-corrected chi connectivity index (χ0v) is 10.1. The van der Waals surface area contributed by atoms with Crippen molar-refractivity contribution < 1.29 is 4.74 Å². The molecule has 1 unspecified atom stereocenters. The number of ether oxygens (including phenoxy) is 1. The van der Waals surface area contributed by atoms with Crippen molar-refractivity contribution in [2.75, 3.05) is 7.11 Å². The van der Waals surface area contributed by atoms with E-state index >= 15 is 0 Å². The summed E-state index contributed by atoms with van der Waals surface area (Å²) in [6.45, 7) is 0. The predicted octanol–water partition coefficient (Wildman–Crippen LogP) is 1.67. The number of nitrogens with zero attached hydrogens (tertiary/aromatic N) is 2. The van der Waals surface area contributed by atoms with Gasteiger partial charge >= 0.3 is 0 Å². The summed E-state index contributed by atoms with van der Waals surface area (Å²) in [6, 6.07) is 7.87. The fourth-order valence-corrected chi connectivity index (χ4v) is 1.78. The summed E-state index contributed by atoms with van der Waals surface area (Å²) in [5.41, 5.74) is 8.18. The van der Waals surface area contributed by atoms with Crippen molar-refractivity contribution in [3.8, 4) is 5.75 Å². The van der Waals surface area contributed by atoms with Gasteiger partial charge in [0, 0.05) is 13.2 Å². The average Bonchev–Trinajstić information content (AvgIpc) is 2.76. The molecular formula is C13H17N3O. The van der Waals surface area contributed by atoms with Crippen LogP contribution in [0.1, 0.15) is 17.3 Å². The summed E-state index contributed by atoms with van der Waals surface area (Å²) >= 11 is 0. The van der Waals surface area contributed by atoms with Crippen LogP contribution in [-0.2, 0) is 13.5 Å². The normalized spacial score (nSPS) is 12.4. The Hall–Kier alpha value is -1.81. The first-order valence-corrected chi connectivity index (χ1v) is 5.55. The summed E-state index contributed by atoms with van der Waals surface area (Å²) in [5, 5.41) is 0. The molecule has 0 saturated carbocycles. The molecule has 4 heteroatoms. The van der Waals surface area contributed by atoms with Crippen molar-refractivity contribution >= 4 is 0 Å². The monoisotopic (exact) mass is 231 g/mol. The Kier molecular flexibility index (Phi) is 3.44. The van der Waals surface area contributed by atoms with Crippen LogP contribution in [0.2, 0.25) is 0 Å². The van der Waals surface area contributed by atoms with E-state index in [0.29, 0.717) is 0 Å². The molecule has 1 aromatic carbocycles. The van der Waals surface area contributed by atoms with E-state index in [4.69, 9.17) is 10.5 Å². The van der Waals surface area contributed by atoms with Crippen LogP contribution in [0, 0.1) is 0 Å². The predicted molar refractivity (Wildman–Crippen MR) is 66.8 cm³/mol. The molecule has 0 amide bonds. The second-order valence-corrected chi connectivity index (χ2v) is 4.13. The van der Waals surface area contributed by atoms with E-state index in [0.717, 1.165) is 23.4 Å². The van der Waals surface area contributed by atoms with Gasteiger partial charge in [0.15, 0.2) is 0 Å². The van der Waals surface area contributed by atoms with Crippen molar-refractivity contribution in [3.63, 3.8) is 0 Å². The van der Waals surface area contributed by atoms with E-state index in [1.165, 1.54) is 0 Å². The van der Waals surface area contributed by atoms with Gasteiger partial charge in [-0.3, -0.25) is 0 Å². The number of benzene rings is 1. The van der Waals surface area contributed by atoms with Gasteiger partial charge in [-0.15, -0.1) is 0 Å². The largest absolute Gasteiger partial charge is 0.497 e. The van der Waals surface area contributed by atoms with Crippen molar-refractivity contribution in [3.05, 3.63) is 48.0 Å². The standard InChI is InChI=1S/C13H17N3O/c1-16-8-13(15-9-16)12(14)7-10-4-3-5-11(6-10)17-2/h3-6,8-9,12H,7,14H2,1-2H3. The minimum absolute atomic E-state index is 0.0803. The number of hydrogen-bond donors (Lipinski definition) is 1. The third-order valence-electron chi connectivity index (χ3n) is 2.69. The van der Waals surface area contributed by atoms with E-state index < -0.39 is 0 Å². The minimum Gasteiger partial charge on any atom is -0.497 e. The lowest BCUT2D eigenvalue weighted by molar-refractivity contribution is 0.414. The molecule has 0 aliphatic rings. The third kappa shape index (κ3) is 2.85. The van der Waals surface area contributed by atoms with Crippen LogP contribution < -0.4 is 10.5 Å². The van der Waals surface area contributed by atoms with E-state index in [1.54, 1.807) is 13.4 Å². The second kappa shape index (κ2) is 5.01. The molecule has 1 aromatic heterocycles. The van der Waals surface area contributed by atoms with Gasteiger partial charge in [0.25, 0.3) is 0 Å². The van der Waals surface area contributed by atoms with Crippen molar-refractivity contribution in [1.29, 1.82) is 0 Å². The Labute approximate surface area is 101 Å². The van der Waals surface area contributed by atoms with Gasteiger partial charge in [-0.2, -0.15) is 0 Å². The van der Waals surface area contributed by atoms with Crippen LogP contribution in [0.3, 0.4) is 0 Å². The highest BCUT2D eigenvalue weighted by Gasteiger charge is 2.10. The molecular weight excluding hydrogens is 214 g/mol. The lowest BCUT2D eigenvalue weighted by Crippen LogP contribution is -2.13. The van der Waals surface area contributed by atoms with Gasteiger partial charge in [-0.1, -0.05) is 12.1 Å². The van der Waals surface area contributed by atoms with Gasteiger partial charge in [0.2, 0.25) is 0 Å². The summed E-state index contributed by atoms with van der Waals surface area (Å²) in [7, 11) is 3.60. The minimum atomic E-state index is -0.0803. The molecule has 2 N–H and O–H groups in total. The molecule has 0 aliphatic carbocycles. The van der Waals surface area contributed by atoms with Crippen LogP contribution in [0.15, 0.2) is 36.8 Å². The van der Waals surface area contributed by atoms with E-state index in [9.17, 15) is 0 Å². The highest BCUT2D eigenvalue weighted by Crippen LogP contribution is 2.18. The van der Waals surface area contributed by atoms with Crippen LogP contribution in [0.5, 0.6) is 5.75 Å². The Balaban J connectivity index is 2.09. The number of aryl methyl sites for hydroxylation is 1. The number of aromatic nitrogens is 2. The smallest absolute Gasteiger partial charge is 0.119 e. The first-order chi connectivity index (χ1) is 8.19. The maximum Gasteiger partial charge on any atom is 0.119 e. The van der Waals surface area contributed by atoms with Crippen LogP contribution in [-0.4, -0.2) is 16.7 Å². The average molecular weight is 231 g/mol. The Morgan fingerprint density at radius 2 is 2.29 bits per heavy atom. The Morgan fingerprint density at radius 3 is 2.94 bits per heavy atom. The maximum atomic E-state index is 6.12. The SMILES string of the molecule is COc1cccc(CC(N)c2cn(C)cn2)c1. The molecule has 17 heavy (non-hydrogen) atoms. The molecule has 0 radical (unpaired) electrons. The molecule has 0 saturated heterocycles. The van der Waals surface area contributed by atoms with Gasteiger partial charge in [-0.05, 0) is 24.1 Å². The molecule has 2 aromatic rings. The second-order valence-electron chi connectivity index (χ2n) is 4.13. The Morgan fingerprint density at radius 1 is 1.47 bits per heavy atom. The summed E-state index contributed by atoms with van der Waals surface area (Å²) in [5.74, 6) is 0.857. The molecule has 4 nitrogen and oxygen atoms in total. The van der Waals surface area contributed by atoms with Gasteiger partial charge < -0.3 is 15.0 Å². The van der Waals surface area contributed by atoms with Crippen molar-refractivity contribution in [1.82, 2.24) is 9.55 Å². The molecule has 0 aliphatic heterocycles. The lowest BCUT2D eigenvalue weighted by Gasteiger charge is -2.09. The van der Waals surface area contributed by atoms with E-state index in [2.05, 4.69) is 4.98 Å². The van der Waals surface area contributed by atoms with Gasteiger partial charge in [0.1, 0.15) is 5.75 Å². The summed E-state index contributed by atoms with van der Waals surface area (Å²) in [6.07, 6.45) is 4.47. The first kappa shape index (κ1) is 11.7. The zero-order chi connectivity index (χ0) is 12.3. The maximum absolute atomic E-state index is 6.12. The van der Waals surface area contributed by atoms with E-state index in [1.807, 2.05) is 42.1 Å². The third-order valence-corrected chi connectivity index (χ3v) is 2.69. The number of imidazole rings is 1. The van der Waals surface area contributed by atoms with Gasteiger partial charge in [-0.25, -0.2) is 4.98 Å². The lowest BCUT2D eigenvalue weighted by atomic mass is 10.0. The molecule has 1 heterocycles.